The summed E-state index contributed by atoms with van der Waals surface area (Å²) in [7, 11) is 4.64. The second-order valence-electron chi connectivity index (χ2n) is 8.99. The van der Waals surface area contributed by atoms with Crippen LogP contribution in [-0.4, -0.2) is 39.2 Å². The molecule has 7 heteroatoms. The molecule has 0 unspecified atom stereocenters. The van der Waals surface area contributed by atoms with Gasteiger partial charge in [-0.15, -0.1) is 0 Å². The number of methoxy groups -OCH3 is 3. The molecule has 0 aliphatic carbocycles. The van der Waals surface area contributed by atoms with E-state index < -0.39 is 23.4 Å². The minimum absolute atomic E-state index is 0.190. The average molecular weight is 492 g/mol. The second kappa shape index (κ2) is 9.37. The fraction of sp³-hybridized carbons (Fsp3) is 0.233. The second-order valence-corrected chi connectivity index (χ2v) is 8.99. The number of fused-ring (bicyclic) bond motifs is 3. The SMILES string of the molecule is COc1ccc(C(=O)[C@@H]2[C@@H](c3ccc(OC)c(OC)c3)C(C#N)(C#N)[C@H]3C=Cc4ccccc4N23)cc1. The van der Waals surface area contributed by atoms with Gasteiger partial charge in [0.2, 0.25) is 0 Å². The normalized spacial score (nSPS) is 20.7. The zero-order chi connectivity index (χ0) is 26.2. The van der Waals surface area contributed by atoms with E-state index in [2.05, 4.69) is 12.1 Å². The summed E-state index contributed by atoms with van der Waals surface area (Å²) in [5, 5.41) is 21.2. The van der Waals surface area contributed by atoms with Crippen LogP contribution in [0.15, 0.2) is 72.8 Å². The Morgan fingerprint density at radius 2 is 1.59 bits per heavy atom. The third kappa shape index (κ3) is 3.59. The Balaban J connectivity index is 1.76. The van der Waals surface area contributed by atoms with Crippen molar-refractivity contribution < 1.29 is 19.0 Å². The number of hydrogen-bond donors (Lipinski definition) is 0. The first-order valence-electron chi connectivity index (χ1n) is 11.8. The number of hydrogen-bond acceptors (Lipinski definition) is 7. The molecule has 3 aromatic rings. The Hall–Kier alpha value is -4.75. The van der Waals surface area contributed by atoms with Gasteiger partial charge in [-0.05, 0) is 53.6 Å². The van der Waals surface area contributed by atoms with Crippen LogP contribution in [0.25, 0.3) is 6.08 Å². The molecular weight excluding hydrogens is 466 g/mol. The van der Waals surface area contributed by atoms with Crippen LogP contribution in [0.3, 0.4) is 0 Å². The Bertz CT molecular complexity index is 1450. The van der Waals surface area contributed by atoms with Gasteiger partial charge >= 0.3 is 0 Å². The Morgan fingerprint density at radius 1 is 0.892 bits per heavy atom. The summed E-state index contributed by atoms with van der Waals surface area (Å²) < 4.78 is 16.2. The first-order valence-corrected chi connectivity index (χ1v) is 11.8. The van der Waals surface area contributed by atoms with Gasteiger partial charge in [-0.2, -0.15) is 10.5 Å². The molecule has 0 amide bonds. The van der Waals surface area contributed by atoms with Crippen LogP contribution in [0, 0.1) is 28.1 Å². The van der Waals surface area contributed by atoms with Gasteiger partial charge in [0.15, 0.2) is 22.7 Å². The molecule has 0 N–H and O–H groups in total. The van der Waals surface area contributed by atoms with Gasteiger partial charge in [-0.3, -0.25) is 4.79 Å². The fourth-order valence-corrected chi connectivity index (χ4v) is 5.58. The highest BCUT2D eigenvalue weighted by atomic mass is 16.5. The summed E-state index contributed by atoms with van der Waals surface area (Å²) >= 11 is 0. The monoisotopic (exact) mass is 491 g/mol. The third-order valence-corrected chi connectivity index (χ3v) is 7.33. The zero-order valence-electron chi connectivity index (χ0n) is 20.7. The molecule has 7 nitrogen and oxygen atoms in total. The van der Waals surface area contributed by atoms with Gasteiger partial charge in [0.05, 0.1) is 39.5 Å². The molecule has 184 valence electrons. The predicted molar refractivity (Wildman–Crippen MR) is 139 cm³/mol. The summed E-state index contributed by atoms with van der Waals surface area (Å²) in [6.45, 7) is 0. The minimum atomic E-state index is -1.55. The number of rotatable bonds is 6. The van der Waals surface area contributed by atoms with Crippen LogP contribution in [0.4, 0.5) is 5.69 Å². The molecule has 1 saturated heterocycles. The lowest BCUT2D eigenvalue weighted by atomic mass is 9.69. The molecule has 2 heterocycles. The number of benzene rings is 3. The predicted octanol–water partition coefficient (Wildman–Crippen LogP) is 5.00. The van der Waals surface area contributed by atoms with Crippen LogP contribution in [-0.2, 0) is 0 Å². The molecule has 1 fully saturated rings. The van der Waals surface area contributed by atoms with Gasteiger partial charge in [-0.25, -0.2) is 0 Å². The summed E-state index contributed by atoms with van der Waals surface area (Å²) in [4.78, 5) is 16.3. The summed E-state index contributed by atoms with van der Waals surface area (Å²) in [5.74, 6) is 0.639. The lowest BCUT2D eigenvalue weighted by Crippen LogP contribution is -2.44. The molecule has 3 aromatic carbocycles. The third-order valence-electron chi connectivity index (χ3n) is 7.33. The molecule has 0 bridgehead atoms. The van der Waals surface area contributed by atoms with E-state index in [1.807, 2.05) is 41.3 Å². The first-order chi connectivity index (χ1) is 18.0. The van der Waals surface area contributed by atoms with Gasteiger partial charge < -0.3 is 19.1 Å². The van der Waals surface area contributed by atoms with Crippen LogP contribution in [0.2, 0.25) is 0 Å². The number of carbonyl (C=O) groups excluding carboxylic acids is 1. The van der Waals surface area contributed by atoms with E-state index in [1.54, 1.807) is 56.7 Å². The van der Waals surface area contributed by atoms with Crippen molar-refractivity contribution in [1.29, 1.82) is 10.5 Å². The summed E-state index contributed by atoms with van der Waals surface area (Å²) in [5.41, 5.74) is 1.29. The molecule has 0 aromatic heterocycles. The highest BCUT2D eigenvalue weighted by molar-refractivity contribution is 6.04. The summed E-state index contributed by atoms with van der Waals surface area (Å²) in [6.07, 6.45) is 3.79. The van der Waals surface area contributed by atoms with E-state index in [0.29, 0.717) is 28.4 Å². The van der Waals surface area contributed by atoms with Crippen LogP contribution in [0.1, 0.15) is 27.4 Å². The molecule has 5 rings (SSSR count). The van der Waals surface area contributed by atoms with Gasteiger partial charge in [0, 0.05) is 17.2 Å². The van der Waals surface area contributed by atoms with Crippen LogP contribution >= 0.6 is 0 Å². The number of anilines is 1. The lowest BCUT2D eigenvalue weighted by molar-refractivity contribution is 0.0951. The van der Waals surface area contributed by atoms with Crippen LogP contribution < -0.4 is 19.1 Å². The smallest absolute Gasteiger partial charge is 0.185 e. The average Bonchev–Trinajstić information content (AvgIpc) is 3.27. The van der Waals surface area contributed by atoms with Gasteiger partial charge in [-0.1, -0.05) is 36.4 Å². The highest BCUT2D eigenvalue weighted by Gasteiger charge is 2.63. The molecule has 3 atom stereocenters. The maximum atomic E-state index is 14.3. The van der Waals surface area contributed by atoms with Crippen LogP contribution in [0.5, 0.6) is 17.2 Å². The van der Waals surface area contributed by atoms with E-state index >= 15 is 0 Å². The van der Waals surface area contributed by atoms with Crippen molar-refractivity contribution >= 4 is 17.5 Å². The molecule has 0 spiro atoms. The largest absolute Gasteiger partial charge is 0.497 e. The minimum Gasteiger partial charge on any atom is -0.497 e. The summed E-state index contributed by atoms with van der Waals surface area (Å²) in [6, 6.07) is 23.1. The molecule has 0 radical (unpaired) electrons. The van der Waals surface area contributed by atoms with Crippen molar-refractivity contribution in [1.82, 2.24) is 0 Å². The van der Waals surface area contributed by atoms with Crippen molar-refractivity contribution in [2.45, 2.75) is 18.0 Å². The molecule has 0 saturated carbocycles. The van der Waals surface area contributed by atoms with E-state index in [4.69, 9.17) is 14.2 Å². The molecule has 37 heavy (non-hydrogen) atoms. The Kier molecular flexibility index (Phi) is 6.07. The topological polar surface area (TPSA) is 95.6 Å². The Labute approximate surface area is 215 Å². The van der Waals surface area contributed by atoms with Crippen molar-refractivity contribution in [3.05, 3.63) is 89.5 Å². The number of ketones is 1. The maximum absolute atomic E-state index is 14.3. The number of nitrogens with zero attached hydrogens (tertiary/aromatic N) is 3. The van der Waals surface area contributed by atoms with E-state index in [-0.39, 0.29) is 5.78 Å². The quantitative estimate of drug-likeness (QED) is 0.448. The number of para-hydroxylation sites is 1. The van der Waals surface area contributed by atoms with Crippen molar-refractivity contribution in [2.24, 2.45) is 5.41 Å². The maximum Gasteiger partial charge on any atom is 0.185 e. The molecule has 2 aliphatic heterocycles. The van der Waals surface area contributed by atoms with E-state index in [1.165, 1.54) is 7.11 Å². The lowest BCUT2D eigenvalue weighted by Gasteiger charge is -2.35. The van der Waals surface area contributed by atoms with Crippen molar-refractivity contribution in [2.75, 3.05) is 26.2 Å². The van der Waals surface area contributed by atoms with Crippen molar-refractivity contribution in [3.63, 3.8) is 0 Å². The van der Waals surface area contributed by atoms with Crippen molar-refractivity contribution in [3.8, 4) is 29.4 Å². The highest BCUT2D eigenvalue weighted by Crippen LogP contribution is 2.56. The number of Topliss-reactive ketones (excluding diaryl/α,β-unsaturated/α-hetero) is 1. The fourth-order valence-electron chi connectivity index (χ4n) is 5.58. The van der Waals surface area contributed by atoms with E-state index in [0.717, 1.165) is 11.3 Å². The zero-order valence-corrected chi connectivity index (χ0v) is 20.7. The number of ether oxygens (including phenoxy) is 3. The standard InChI is InChI=1S/C30H25N3O4/c1-35-22-12-8-20(9-13-22)29(34)28-27(21-10-14-24(36-2)25(16-21)37-3)30(17-31,18-32)26-15-11-19-6-4-5-7-23(19)33(26)28/h4-16,26-28H,1-3H3/t26-,27-,28+/m1/s1. The van der Waals surface area contributed by atoms with Gasteiger partial charge in [0.1, 0.15) is 11.8 Å². The number of nitriles is 2. The molecular formula is C30H25N3O4. The first kappa shape index (κ1) is 24.0. The van der Waals surface area contributed by atoms with Gasteiger partial charge in [0.25, 0.3) is 0 Å². The molecule has 2 aliphatic rings. The Morgan fingerprint density at radius 3 is 2.24 bits per heavy atom. The van der Waals surface area contributed by atoms with E-state index in [9.17, 15) is 15.3 Å². The number of carbonyl (C=O) groups is 1.